The molecule has 0 fully saturated rings. The topological polar surface area (TPSA) is 84.9 Å². The average molecular weight is 267 g/mol. The molecule has 0 saturated carbocycles. The second-order valence-electron chi connectivity index (χ2n) is 3.83. The summed E-state index contributed by atoms with van der Waals surface area (Å²) in [6.45, 7) is 1.42. The lowest BCUT2D eigenvalue weighted by Gasteiger charge is -2.13. The van der Waals surface area contributed by atoms with Crippen LogP contribution in [-0.4, -0.2) is 36.8 Å². The number of hydrogen-bond acceptors (Lipinski definition) is 4. The third-order valence-corrected chi connectivity index (χ3v) is 2.41. The number of carboxylic acids is 1. The van der Waals surface area contributed by atoms with Gasteiger partial charge in [-0.25, -0.2) is 4.79 Å². The van der Waals surface area contributed by atoms with E-state index >= 15 is 0 Å². The molecule has 0 radical (unpaired) electrons. The van der Waals surface area contributed by atoms with Crippen LogP contribution in [0.5, 0.6) is 5.75 Å². The number of nitrogens with one attached hydrogen (secondary N) is 1. The van der Waals surface area contributed by atoms with Gasteiger partial charge in [0, 0.05) is 18.9 Å². The molecule has 0 aliphatic rings. The molecule has 19 heavy (non-hydrogen) atoms. The van der Waals surface area contributed by atoms with E-state index in [9.17, 15) is 9.59 Å². The van der Waals surface area contributed by atoms with E-state index in [1.165, 1.54) is 7.11 Å². The van der Waals surface area contributed by atoms with E-state index in [2.05, 4.69) is 5.32 Å². The van der Waals surface area contributed by atoms with Crippen LogP contribution >= 0.6 is 0 Å². The largest absolute Gasteiger partial charge is 0.482 e. The SMILES string of the molecule is CCC(OC)C(=O)Nc1cccc(OCC(=O)O)c1. The minimum atomic E-state index is -1.06. The van der Waals surface area contributed by atoms with Gasteiger partial charge in [0.25, 0.3) is 5.91 Å². The first-order chi connectivity index (χ1) is 9.06. The van der Waals surface area contributed by atoms with E-state index in [1.807, 2.05) is 6.92 Å². The van der Waals surface area contributed by atoms with Gasteiger partial charge < -0.3 is 19.9 Å². The molecule has 2 N–H and O–H groups in total. The van der Waals surface area contributed by atoms with E-state index in [4.69, 9.17) is 14.6 Å². The highest BCUT2D eigenvalue weighted by Gasteiger charge is 2.15. The number of benzene rings is 1. The maximum atomic E-state index is 11.8. The third kappa shape index (κ3) is 4.97. The summed E-state index contributed by atoms with van der Waals surface area (Å²) in [5, 5.41) is 11.2. The smallest absolute Gasteiger partial charge is 0.341 e. The van der Waals surface area contributed by atoms with Crippen LogP contribution in [-0.2, 0) is 14.3 Å². The molecule has 0 spiro atoms. The standard InChI is InChI=1S/C13H17NO5/c1-3-11(18-2)13(17)14-9-5-4-6-10(7-9)19-8-12(15)16/h4-7,11H,3,8H2,1-2H3,(H,14,17)(H,15,16). The number of carboxylic acid groups (broad SMARTS) is 1. The van der Waals surface area contributed by atoms with Crippen LogP contribution < -0.4 is 10.1 Å². The van der Waals surface area contributed by atoms with Gasteiger partial charge in [-0.1, -0.05) is 13.0 Å². The Morgan fingerprint density at radius 3 is 2.74 bits per heavy atom. The fourth-order valence-corrected chi connectivity index (χ4v) is 1.49. The zero-order chi connectivity index (χ0) is 14.3. The molecule has 1 unspecified atom stereocenters. The Balaban J connectivity index is 2.66. The highest BCUT2D eigenvalue weighted by molar-refractivity contribution is 5.94. The van der Waals surface area contributed by atoms with Gasteiger partial charge >= 0.3 is 5.97 Å². The third-order valence-electron chi connectivity index (χ3n) is 2.41. The van der Waals surface area contributed by atoms with Crippen molar-refractivity contribution in [3.63, 3.8) is 0 Å². The molecule has 6 nitrogen and oxygen atoms in total. The maximum absolute atomic E-state index is 11.8. The van der Waals surface area contributed by atoms with E-state index in [1.54, 1.807) is 24.3 Å². The predicted octanol–water partition coefficient (Wildman–Crippen LogP) is 1.51. The van der Waals surface area contributed by atoms with Crippen molar-refractivity contribution in [2.45, 2.75) is 19.4 Å². The molecule has 1 atom stereocenters. The molecule has 0 saturated heterocycles. The van der Waals surface area contributed by atoms with E-state index in [0.29, 0.717) is 17.9 Å². The number of methoxy groups -OCH3 is 1. The molecule has 1 rings (SSSR count). The summed E-state index contributed by atoms with van der Waals surface area (Å²) in [7, 11) is 1.47. The molecule has 1 aromatic carbocycles. The highest BCUT2D eigenvalue weighted by atomic mass is 16.5. The second kappa shape index (κ2) is 7.38. The fraction of sp³-hybridized carbons (Fsp3) is 0.385. The van der Waals surface area contributed by atoms with Crippen LogP contribution in [0.25, 0.3) is 0 Å². The van der Waals surface area contributed by atoms with Gasteiger partial charge in [0.1, 0.15) is 11.9 Å². The summed E-state index contributed by atoms with van der Waals surface area (Å²) in [6, 6.07) is 6.53. The van der Waals surface area contributed by atoms with Gasteiger partial charge in [0.2, 0.25) is 0 Å². The number of amides is 1. The van der Waals surface area contributed by atoms with Gasteiger partial charge in [0.05, 0.1) is 0 Å². The predicted molar refractivity (Wildman–Crippen MR) is 69.3 cm³/mol. The van der Waals surface area contributed by atoms with Gasteiger partial charge in [-0.15, -0.1) is 0 Å². The Kier molecular flexibility index (Phi) is 5.81. The van der Waals surface area contributed by atoms with Crippen molar-refractivity contribution in [1.82, 2.24) is 0 Å². The van der Waals surface area contributed by atoms with Crippen LogP contribution in [0.4, 0.5) is 5.69 Å². The first kappa shape index (κ1) is 15.0. The first-order valence-electron chi connectivity index (χ1n) is 5.85. The minimum absolute atomic E-state index is 0.250. The second-order valence-corrected chi connectivity index (χ2v) is 3.83. The van der Waals surface area contributed by atoms with Gasteiger partial charge in [-0.2, -0.15) is 0 Å². The van der Waals surface area contributed by atoms with Crippen LogP contribution in [0.15, 0.2) is 24.3 Å². The molecule has 0 aliphatic heterocycles. The number of hydrogen-bond donors (Lipinski definition) is 2. The van der Waals surface area contributed by atoms with Crippen molar-refractivity contribution in [2.75, 3.05) is 19.0 Å². The summed E-state index contributed by atoms with van der Waals surface area (Å²) in [5.41, 5.74) is 0.531. The Labute approximate surface area is 111 Å². The zero-order valence-electron chi connectivity index (χ0n) is 10.9. The number of aliphatic carboxylic acids is 1. The van der Waals surface area contributed by atoms with Gasteiger partial charge in [0.15, 0.2) is 6.61 Å². The van der Waals surface area contributed by atoms with Crippen molar-refractivity contribution in [1.29, 1.82) is 0 Å². The highest BCUT2D eigenvalue weighted by Crippen LogP contribution is 2.17. The summed E-state index contributed by atoms with van der Waals surface area (Å²) in [4.78, 5) is 22.2. The lowest BCUT2D eigenvalue weighted by Crippen LogP contribution is -2.28. The van der Waals surface area contributed by atoms with Crippen molar-refractivity contribution < 1.29 is 24.2 Å². The molecule has 104 valence electrons. The van der Waals surface area contributed by atoms with Crippen LogP contribution in [0, 0.1) is 0 Å². The number of carbonyl (C=O) groups excluding carboxylic acids is 1. The van der Waals surface area contributed by atoms with Gasteiger partial charge in [-0.05, 0) is 18.6 Å². The number of ether oxygens (including phenoxy) is 2. The number of anilines is 1. The molecular weight excluding hydrogens is 250 g/mol. The van der Waals surface area contributed by atoms with Crippen molar-refractivity contribution >= 4 is 17.6 Å². The first-order valence-corrected chi connectivity index (χ1v) is 5.85. The normalized spacial score (nSPS) is 11.7. The Bertz CT molecular complexity index is 442. The molecule has 1 aromatic rings. The summed E-state index contributed by atoms with van der Waals surface area (Å²) >= 11 is 0. The summed E-state index contributed by atoms with van der Waals surface area (Å²) in [5.74, 6) is -0.925. The van der Waals surface area contributed by atoms with Crippen molar-refractivity contribution in [3.05, 3.63) is 24.3 Å². The summed E-state index contributed by atoms with van der Waals surface area (Å²) < 4.78 is 10.0. The lowest BCUT2D eigenvalue weighted by atomic mass is 10.2. The molecule has 0 aromatic heterocycles. The quantitative estimate of drug-likeness (QED) is 0.782. The van der Waals surface area contributed by atoms with Crippen LogP contribution in [0.3, 0.4) is 0 Å². The minimum Gasteiger partial charge on any atom is -0.482 e. The lowest BCUT2D eigenvalue weighted by molar-refractivity contribution is -0.139. The molecule has 1 amide bonds. The zero-order valence-corrected chi connectivity index (χ0v) is 10.9. The van der Waals surface area contributed by atoms with Crippen LogP contribution in [0.2, 0.25) is 0 Å². The number of carbonyl (C=O) groups is 2. The molecule has 0 aliphatic carbocycles. The maximum Gasteiger partial charge on any atom is 0.341 e. The molecular formula is C13H17NO5. The molecule has 0 heterocycles. The Morgan fingerprint density at radius 1 is 1.42 bits per heavy atom. The Morgan fingerprint density at radius 2 is 2.16 bits per heavy atom. The van der Waals surface area contributed by atoms with Crippen molar-refractivity contribution in [2.24, 2.45) is 0 Å². The van der Waals surface area contributed by atoms with E-state index in [0.717, 1.165) is 0 Å². The fourth-order valence-electron chi connectivity index (χ4n) is 1.49. The Hall–Kier alpha value is -2.08. The molecule has 0 bridgehead atoms. The van der Waals surface area contributed by atoms with Crippen molar-refractivity contribution in [3.8, 4) is 5.75 Å². The summed E-state index contributed by atoms with van der Waals surface area (Å²) in [6.07, 6.45) is 0.0564. The number of rotatable bonds is 7. The van der Waals surface area contributed by atoms with E-state index < -0.39 is 18.7 Å². The average Bonchev–Trinajstić information content (AvgIpc) is 2.38. The van der Waals surface area contributed by atoms with Crippen LogP contribution in [0.1, 0.15) is 13.3 Å². The molecule has 6 heteroatoms. The van der Waals surface area contributed by atoms with E-state index in [-0.39, 0.29) is 5.91 Å². The monoisotopic (exact) mass is 267 g/mol. The van der Waals surface area contributed by atoms with Gasteiger partial charge in [-0.3, -0.25) is 4.79 Å².